The zero-order valence-electron chi connectivity index (χ0n) is 16.0. The number of piperidine rings is 1. The molecule has 1 aliphatic carbocycles. The molecule has 1 saturated heterocycles. The summed E-state index contributed by atoms with van der Waals surface area (Å²) >= 11 is 6.22. The SMILES string of the molecule is CS(=O)(=O)N1CCC(NCCC2CCC(c3ccc(F)cc3Cl)CC2)CC1. The van der Waals surface area contributed by atoms with Gasteiger partial charge in [0, 0.05) is 24.2 Å². The van der Waals surface area contributed by atoms with E-state index in [0.29, 0.717) is 30.1 Å². The summed E-state index contributed by atoms with van der Waals surface area (Å²) in [6.07, 6.45) is 8.84. The molecule has 2 fully saturated rings. The number of hydrogen-bond acceptors (Lipinski definition) is 3. The van der Waals surface area contributed by atoms with Crippen LogP contribution in [0.2, 0.25) is 5.02 Å². The largest absolute Gasteiger partial charge is 0.314 e. The number of nitrogens with zero attached hydrogens (tertiary/aromatic N) is 1. The van der Waals surface area contributed by atoms with Gasteiger partial charge in [-0.05, 0) is 81.0 Å². The van der Waals surface area contributed by atoms with Gasteiger partial charge in [0.25, 0.3) is 0 Å². The molecule has 2 aliphatic rings. The van der Waals surface area contributed by atoms with Crippen LogP contribution in [0.5, 0.6) is 0 Å². The monoisotopic (exact) mass is 416 g/mol. The first-order chi connectivity index (χ1) is 12.8. The molecular formula is C20H30ClFN2O2S. The zero-order chi connectivity index (χ0) is 19.4. The maximum absolute atomic E-state index is 13.2. The molecule has 1 aliphatic heterocycles. The predicted octanol–water partition coefficient (Wildman–Crippen LogP) is 4.16. The van der Waals surface area contributed by atoms with Crippen LogP contribution in [0.3, 0.4) is 0 Å². The molecule has 3 rings (SSSR count). The van der Waals surface area contributed by atoms with Crippen LogP contribution in [0, 0.1) is 11.7 Å². The van der Waals surface area contributed by atoms with Gasteiger partial charge in [-0.1, -0.05) is 17.7 Å². The van der Waals surface area contributed by atoms with Crippen LogP contribution < -0.4 is 5.32 Å². The second kappa shape index (κ2) is 9.21. The Bertz CT molecular complexity index is 727. The van der Waals surface area contributed by atoms with Crippen molar-refractivity contribution in [2.45, 2.75) is 56.9 Å². The summed E-state index contributed by atoms with van der Waals surface area (Å²) in [5.74, 6) is 0.901. The van der Waals surface area contributed by atoms with Gasteiger partial charge in [0.15, 0.2) is 0 Å². The van der Waals surface area contributed by atoms with Crippen molar-refractivity contribution in [2.75, 3.05) is 25.9 Å². The third kappa shape index (κ3) is 5.89. The summed E-state index contributed by atoms with van der Waals surface area (Å²) in [4.78, 5) is 0. The summed E-state index contributed by atoms with van der Waals surface area (Å²) in [6.45, 7) is 2.25. The highest BCUT2D eigenvalue weighted by Gasteiger charge is 2.26. The second-order valence-electron chi connectivity index (χ2n) is 8.06. The first kappa shape index (κ1) is 21.0. The van der Waals surface area contributed by atoms with Gasteiger partial charge in [0.2, 0.25) is 10.0 Å². The molecule has 1 aromatic carbocycles. The van der Waals surface area contributed by atoms with Crippen LogP contribution >= 0.6 is 11.6 Å². The summed E-state index contributed by atoms with van der Waals surface area (Å²) in [5, 5.41) is 4.17. The van der Waals surface area contributed by atoms with Crippen LogP contribution in [0.15, 0.2) is 18.2 Å². The number of benzene rings is 1. The Hall–Kier alpha value is -0.690. The van der Waals surface area contributed by atoms with E-state index in [1.165, 1.54) is 31.2 Å². The van der Waals surface area contributed by atoms with Crippen LogP contribution in [-0.2, 0) is 10.0 Å². The molecule has 7 heteroatoms. The van der Waals surface area contributed by atoms with Crippen LogP contribution in [-0.4, -0.2) is 44.7 Å². The molecule has 4 nitrogen and oxygen atoms in total. The quantitative estimate of drug-likeness (QED) is 0.757. The van der Waals surface area contributed by atoms with Gasteiger partial charge in [0.05, 0.1) is 6.26 Å². The van der Waals surface area contributed by atoms with Gasteiger partial charge in [-0.2, -0.15) is 0 Å². The molecule has 0 amide bonds. The van der Waals surface area contributed by atoms with Gasteiger partial charge in [0.1, 0.15) is 5.82 Å². The lowest BCUT2D eigenvalue weighted by molar-refractivity contribution is 0.270. The first-order valence-electron chi connectivity index (χ1n) is 9.96. The van der Waals surface area contributed by atoms with E-state index >= 15 is 0 Å². The summed E-state index contributed by atoms with van der Waals surface area (Å²) in [7, 11) is -3.05. The van der Waals surface area contributed by atoms with Gasteiger partial charge >= 0.3 is 0 Å². The standard InChI is InChI=1S/C20H30ClFN2O2S/c1-27(25,26)24-12-9-18(10-13-24)23-11-8-15-2-4-16(5-3-15)19-7-6-17(22)14-20(19)21/h6-7,14-16,18,23H,2-5,8-13H2,1H3. The van der Waals surface area contributed by atoms with Crippen molar-refractivity contribution >= 4 is 21.6 Å². The molecule has 0 spiro atoms. The van der Waals surface area contributed by atoms with Crippen LogP contribution in [0.1, 0.15) is 56.4 Å². The van der Waals surface area contributed by atoms with Gasteiger partial charge in [-0.15, -0.1) is 0 Å². The predicted molar refractivity (Wildman–Crippen MR) is 108 cm³/mol. The fourth-order valence-electron chi connectivity index (χ4n) is 4.48. The van der Waals surface area contributed by atoms with Gasteiger partial charge in [-0.25, -0.2) is 17.1 Å². The van der Waals surface area contributed by atoms with Crippen molar-refractivity contribution in [3.63, 3.8) is 0 Å². The molecular weight excluding hydrogens is 387 g/mol. The van der Waals surface area contributed by atoms with E-state index in [0.717, 1.165) is 50.1 Å². The summed E-state index contributed by atoms with van der Waals surface area (Å²) in [6, 6.07) is 5.19. The molecule has 0 radical (unpaired) electrons. The molecule has 27 heavy (non-hydrogen) atoms. The lowest BCUT2D eigenvalue weighted by Crippen LogP contribution is -2.44. The smallest absolute Gasteiger partial charge is 0.211 e. The number of rotatable bonds is 6. The highest BCUT2D eigenvalue weighted by Crippen LogP contribution is 2.39. The summed E-state index contributed by atoms with van der Waals surface area (Å²) < 4.78 is 37.9. The van der Waals surface area contributed by atoms with E-state index < -0.39 is 10.0 Å². The number of halogens is 2. The third-order valence-electron chi connectivity index (χ3n) is 6.16. The van der Waals surface area contributed by atoms with E-state index in [1.54, 1.807) is 4.31 Å². The van der Waals surface area contributed by atoms with E-state index in [9.17, 15) is 12.8 Å². The molecule has 1 heterocycles. The van der Waals surface area contributed by atoms with Crippen LogP contribution in [0.25, 0.3) is 0 Å². The summed E-state index contributed by atoms with van der Waals surface area (Å²) in [5.41, 5.74) is 1.09. The Kier molecular flexibility index (Phi) is 7.17. The maximum Gasteiger partial charge on any atom is 0.211 e. The highest BCUT2D eigenvalue weighted by molar-refractivity contribution is 7.88. The topological polar surface area (TPSA) is 49.4 Å². The Morgan fingerprint density at radius 1 is 1.15 bits per heavy atom. The van der Waals surface area contributed by atoms with Crippen LogP contribution in [0.4, 0.5) is 4.39 Å². The Morgan fingerprint density at radius 2 is 1.81 bits per heavy atom. The van der Waals surface area contributed by atoms with Crippen molar-refractivity contribution in [3.05, 3.63) is 34.6 Å². The minimum Gasteiger partial charge on any atom is -0.314 e. The van der Waals surface area contributed by atoms with Gasteiger partial charge < -0.3 is 5.32 Å². The highest BCUT2D eigenvalue weighted by atomic mass is 35.5. The number of sulfonamides is 1. The molecule has 0 atom stereocenters. The lowest BCUT2D eigenvalue weighted by Gasteiger charge is -2.32. The molecule has 0 unspecified atom stereocenters. The van der Waals surface area contributed by atoms with E-state index in [1.807, 2.05) is 6.07 Å². The first-order valence-corrected chi connectivity index (χ1v) is 12.2. The van der Waals surface area contributed by atoms with Crippen molar-refractivity contribution in [2.24, 2.45) is 5.92 Å². The average molecular weight is 417 g/mol. The Morgan fingerprint density at radius 3 is 2.41 bits per heavy atom. The molecule has 0 aromatic heterocycles. The van der Waals surface area contributed by atoms with Crippen molar-refractivity contribution in [3.8, 4) is 0 Å². The van der Waals surface area contributed by atoms with Crippen molar-refractivity contribution in [1.82, 2.24) is 9.62 Å². The normalized spacial score (nSPS) is 25.6. The van der Waals surface area contributed by atoms with E-state index in [4.69, 9.17) is 11.6 Å². The van der Waals surface area contributed by atoms with E-state index in [-0.39, 0.29) is 5.82 Å². The lowest BCUT2D eigenvalue weighted by atomic mass is 9.77. The molecule has 152 valence electrons. The Balaban J connectivity index is 1.36. The van der Waals surface area contributed by atoms with Gasteiger partial charge in [-0.3, -0.25) is 0 Å². The van der Waals surface area contributed by atoms with E-state index in [2.05, 4.69) is 5.32 Å². The molecule has 0 bridgehead atoms. The minimum absolute atomic E-state index is 0.272. The molecule has 1 aromatic rings. The van der Waals surface area contributed by atoms with Crippen molar-refractivity contribution < 1.29 is 12.8 Å². The Labute approximate surface area is 167 Å². The average Bonchev–Trinajstić information content (AvgIpc) is 2.62. The number of nitrogens with one attached hydrogen (secondary N) is 1. The molecule has 1 saturated carbocycles. The fraction of sp³-hybridized carbons (Fsp3) is 0.700. The maximum atomic E-state index is 13.2. The number of hydrogen-bond donors (Lipinski definition) is 1. The molecule has 1 N–H and O–H groups in total. The third-order valence-corrected chi connectivity index (χ3v) is 7.79. The minimum atomic E-state index is -3.05. The van der Waals surface area contributed by atoms with Crippen molar-refractivity contribution in [1.29, 1.82) is 0 Å². The fourth-order valence-corrected chi connectivity index (χ4v) is 5.67. The second-order valence-corrected chi connectivity index (χ2v) is 10.5. The zero-order valence-corrected chi connectivity index (χ0v) is 17.5.